The van der Waals surface area contributed by atoms with Crippen LogP contribution in [0.1, 0.15) is 33.9 Å². The van der Waals surface area contributed by atoms with Crippen molar-refractivity contribution in [2.24, 2.45) is 0 Å². The minimum absolute atomic E-state index is 0.0559. The summed E-state index contributed by atoms with van der Waals surface area (Å²) in [5.74, 6) is -1.80. The van der Waals surface area contributed by atoms with Crippen LogP contribution >= 0.6 is 0 Å². The van der Waals surface area contributed by atoms with Crippen molar-refractivity contribution in [2.45, 2.75) is 39.9 Å². The van der Waals surface area contributed by atoms with Crippen molar-refractivity contribution in [3.63, 3.8) is 0 Å². The number of imidazole rings is 1. The van der Waals surface area contributed by atoms with Crippen LogP contribution in [0.15, 0.2) is 4.79 Å². The first-order valence-corrected chi connectivity index (χ1v) is 8.63. The molecule has 0 amide bonds. The molecule has 156 valence electrons. The number of rotatable bonds is 4. The molecular formula is C19H24N4O6. The van der Waals surface area contributed by atoms with Crippen molar-refractivity contribution >= 4 is 18.0 Å². The number of nitrogens with one attached hydrogen (secondary N) is 2. The van der Waals surface area contributed by atoms with Gasteiger partial charge in [-0.05, 0) is 27.7 Å². The molecule has 0 aliphatic heterocycles. The standard InChI is InChI=1S/C18H22N4O5.CH2O/c1-7-12-16(19-10(4)13(7)23)21-11(20-12)6-18(25,26)15-8(2)14(27-5)9(3)17(24)22-15;1-2/h23,25-26H,6H2,1-5H3,(H,22,24)(H,19,20,21);1H2. The van der Waals surface area contributed by atoms with Crippen LogP contribution in [0.25, 0.3) is 11.2 Å². The highest BCUT2D eigenvalue weighted by Gasteiger charge is 2.33. The molecule has 3 aromatic heterocycles. The number of aromatic amines is 2. The van der Waals surface area contributed by atoms with E-state index < -0.39 is 11.3 Å². The van der Waals surface area contributed by atoms with Crippen LogP contribution in [0.5, 0.6) is 11.5 Å². The SMILES string of the molecule is C=O.COc1c(C)c(C(O)(O)Cc2nc3nc(C)c(O)c(C)c3[nH]2)[nH]c(=O)c1C. The number of carbonyl (C=O) groups is 1. The Morgan fingerprint density at radius 2 is 1.66 bits per heavy atom. The van der Waals surface area contributed by atoms with Crippen molar-refractivity contribution in [3.8, 4) is 11.5 Å². The lowest BCUT2D eigenvalue weighted by Crippen LogP contribution is -2.33. The minimum Gasteiger partial charge on any atom is -0.506 e. The number of aromatic nitrogens is 4. The summed E-state index contributed by atoms with van der Waals surface area (Å²) in [6.45, 7) is 8.59. The number of pyridine rings is 2. The van der Waals surface area contributed by atoms with Crippen LogP contribution in [-0.2, 0) is 17.0 Å². The van der Waals surface area contributed by atoms with Crippen molar-refractivity contribution in [1.29, 1.82) is 0 Å². The summed E-state index contributed by atoms with van der Waals surface area (Å²) < 4.78 is 5.23. The van der Waals surface area contributed by atoms with Gasteiger partial charge in [-0.15, -0.1) is 0 Å². The van der Waals surface area contributed by atoms with Gasteiger partial charge in [-0.3, -0.25) is 4.79 Å². The Morgan fingerprint density at radius 3 is 2.24 bits per heavy atom. The molecule has 29 heavy (non-hydrogen) atoms. The average Bonchev–Trinajstić information content (AvgIpc) is 3.06. The molecule has 3 aromatic rings. The second kappa shape index (κ2) is 8.02. The van der Waals surface area contributed by atoms with Gasteiger partial charge in [-0.1, -0.05) is 0 Å². The van der Waals surface area contributed by atoms with E-state index in [1.807, 2.05) is 6.79 Å². The van der Waals surface area contributed by atoms with Crippen LogP contribution in [0, 0.1) is 27.7 Å². The summed E-state index contributed by atoms with van der Waals surface area (Å²) in [6.07, 6.45) is -0.328. The first-order valence-electron chi connectivity index (χ1n) is 8.63. The van der Waals surface area contributed by atoms with Gasteiger partial charge in [0, 0.05) is 11.1 Å². The molecule has 10 nitrogen and oxygen atoms in total. The quantitative estimate of drug-likeness (QED) is 0.399. The van der Waals surface area contributed by atoms with Crippen LogP contribution in [-0.4, -0.2) is 49.2 Å². The van der Waals surface area contributed by atoms with E-state index in [2.05, 4.69) is 19.9 Å². The van der Waals surface area contributed by atoms with Crippen LogP contribution in [0.2, 0.25) is 0 Å². The molecule has 0 atom stereocenters. The Kier molecular flexibility index (Phi) is 6.10. The zero-order chi connectivity index (χ0) is 22.1. The molecule has 0 fully saturated rings. The molecule has 0 aliphatic rings. The van der Waals surface area contributed by atoms with Gasteiger partial charge in [0.1, 0.15) is 24.1 Å². The van der Waals surface area contributed by atoms with E-state index in [4.69, 9.17) is 9.53 Å². The summed E-state index contributed by atoms with van der Waals surface area (Å²) in [7, 11) is 1.41. The zero-order valence-electron chi connectivity index (χ0n) is 16.9. The third-order valence-corrected chi connectivity index (χ3v) is 4.73. The Labute approximate surface area is 166 Å². The average molecular weight is 404 g/mol. The highest BCUT2D eigenvalue weighted by molar-refractivity contribution is 5.77. The highest BCUT2D eigenvalue weighted by atomic mass is 16.5. The fourth-order valence-electron chi connectivity index (χ4n) is 3.27. The van der Waals surface area contributed by atoms with Crippen LogP contribution in [0.3, 0.4) is 0 Å². The van der Waals surface area contributed by atoms with Gasteiger partial charge in [0.05, 0.1) is 36.0 Å². The van der Waals surface area contributed by atoms with Crippen molar-refractivity contribution in [1.82, 2.24) is 19.9 Å². The number of carbonyl (C=O) groups excluding carboxylic acids is 1. The predicted molar refractivity (Wildman–Crippen MR) is 105 cm³/mol. The number of hydrogen-bond donors (Lipinski definition) is 5. The van der Waals surface area contributed by atoms with E-state index in [1.54, 1.807) is 27.7 Å². The lowest BCUT2D eigenvalue weighted by atomic mass is 10.0. The molecule has 3 heterocycles. The molecule has 0 saturated heterocycles. The summed E-state index contributed by atoms with van der Waals surface area (Å²) in [5.41, 5.74) is 2.10. The summed E-state index contributed by atoms with van der Waals surface area (Å²) in [6, 6.07) is 0. The van der Waals surface area contributed by atoms with E-state index in [9.17, 15) is 20.1 Å². The Bertz CT molecular complexity index is 1120. The Hall–Kier alpha value is -3.24. The number of ether oxygens (including phenoxy) is 1. The molecule has 0 aliphatic carbocycles. The molecule has 0 aromatic carbocycles. The number of nitrogens with zero attached hydrogens (tertiary/aromatic N) is 2. The van der Waals surface area contributed by atoms with Gasteiger partial charge in [0.15, 0.2) is 5.65 Å². The second-order valence-corrected chi connectivity index (χ2v) is 6.66. The maximum atomic E-state index is 12.1. The van der Waals surface area contributed by atoms with Gasteiger partial charge in [-0.2, -0.15) is 0 Å². The molecule has 0 unspecified atom stereocenters. The Morgan fingerprint density at radius 1 is 1.03 bits per heavy atom. The summed E-state index contributed by atoms with van der Waals surface area (Å²) in [4.78, 5) is 34.1. The highest BCUT2D eigenvalue weighted by Crippen LogP contribution is 2.31. The van der Waals surface area contributed by atoms with E-state index in [0.717, 1.165) is 0 Å². The third-order valence-electron chi connectivity index (χ3n) is 4.73. The lowest BCUT2D eigenvalue weighted by molar-refractivity contribution is -0.172. The second-order valence-electron chi connectivity index (χ2n) is 6.66. The molecule has 3 rings (SSSR count). The fraction of sp³-hybridized carbons (Fsp3) is 0.368. The Balaban J connectivity index is 0.00000145. The largest absolute Gasteiger partial charge is 0.506 e. The van der Waals surface area contributed by atoms with Crippen molar-refractivity contribution in [2.75, 3.05) is 7.11 Å². The fourth-order valence-corrected chi connectivity index (χ4v) is 3.27. The van der Waals surface area contributed by atoms with Gasteiger partial charge in [-0.25, -0.2) is 9.97 Å². The maximum absolute atomic E-state index is 12.1. The number of fused-ring (bicyclic) bond motifs is 1. The lowest BCUT2D eigenvalue weighted by Gasteiger charge is -2.24. The number of aryl methyl sites for hydroxylation is 2. The number of aliphatic hydroxyl groups is 2. The molecule has 10 heteroatoms. The normalized spacial score (nSPS) is 11.3. The smallest absolute Gasteiger partial charge is 0.254 e. The van der Waals surface area contributed by atoms with Crippen LogP contribution in [0.4, 0.5) is 0 Å². The molecule has 0 spiro atoms. The maximum Gasteiger partial charge on any atom is 0.254 e. The number of hydrogen-bond acceptors (Lipinski definition) is 8. The van der Waals surface area contributed by atoms with E-state index >= 15 is 0 Å². The first-order chi connectivity index (χ1) is 13.6. The van der Waals surface area contributed by atoms with Crippen LogP contribution < -0.4 is 10.3 Å². The van der Waals surface area contributed by atoms with Gasteiger partial charge < -0.3 is 34.8 Å². The van der Waals surface area contributed by atoms with Gasteiger partial charge in [0.25, 0.3) is 5.56 Å². The molecule has 0 saturated carbocycles. The number of methoxy groups -OCH3 is 1. The summed E-state index contributed by atoms with van der Waals surface area (Å²) >= 11 is 0. The number of H-pyrrole nitrogens is 2. The minimum atomic E-state index is -2.40. The van der Waals surface area contributed by atoms with E-state index in [1.165, 1.54) is 7.11 Å². The van der Waals surface area contributed by atoms with Gasteiger partial charge in [0.2, 0.25) is 5.79 Å². The van der Waals surface area contributed by atoms with Gasteiger partial charge >= 0.3 is 0 Å². The monoisotopic (exact) mass is 404 g/mol. The molecule has 5 N–H and O–H groups in total. The van der Waals surface area contributed by atoms with Crippen molar-refractivity contribution in [3.05, 3.63) is 44.3 Å². The van der Waals surface area contributed by atoms with E-state index in [0.29, 0.717) is 39.3 Å². The molecular weight excluding hydrogens is 380 g/mol. The van der Waals surface area contributed by atoms with E-state index in [-0.39, 0.29) is 23.7 Å². The molecule has 0 radical (unpaired) electrons. The zero-order valence-corrected chi connectivity index (χ0v) is 16.9. The topological polar surface area (TPSA) is 161 Å². The third kappa shape index (κ3) is 3.84. The molecule has 0 bridgehead atoms. The summed E-state index contributed by atoms with van der Waals surface area (Å²) in [5, 5.41) is 31.3. The van der Waals surface area contributed by atoms with Crippen molar-refractivity contribution < 1.29 is 24.9 Å². The predicted octanol–water partition coefficient (Wildman–Crippen LogP) is 0.789. The first kappa shape index (κ1) is 22.1. The number of aromatic hydroxyl groups is 1.